The van der Waals surface area contributed by atoms with Crippen LogP contribution in [0, 0.1) is 0 Å². The van der Waals surface area contributed by atoms with Crippen molar-refractivity contribution in [1.29, 1.82) is 0 Å². The second kappa shape index (κ2) is 5.53. The Balaban J connectivity index is 2.47. The van der Waals surface area contributed by atoms with Crippen molar-refractivity contribution < 1.29 is 24.2 Å². The smallest absolute Gasteiger partial charge is 0.344 e. The first-order valence-electron chi connectivity index (χ1n) is 5.46. The van der Waals surface area contributed by atoms with Crippen LogP contribution in [0.1, 0.15) is 31.1 Å². The van der Waals surface area contributed by atoms with Crippen molar-refractivity contribution in [3.63, 3.8) is 0 Å². The van der Waals surface area contributed by atoms with Crippen molar-refractivity contribution in [2.24, 2.45) is 0 Å². The lowest BCUT2D eigenvalue weighted by atomic mass is 10.2. The molecule has 98 valence electrons. The molecule has 0 heterocycles. The van der Waals surface area contributed by atoms with E-state index in [-0.39, 0.29) is 11.3 Å². The number of phenols is 1. The fraction of sp³-hybridized carbons (Fsp3) is 0.385. The Morgan fingerprint density at radius 3 is 2.22 bits per heavy atom. The monoisotopic (exact) mass is 252 g/mol. The van der Waals surface area contributed by atoms with Gasteiger partial charge in [-0.15, -0.1) is 0 Å². The molecule has 0 unspecified atom stereocenters. The number of carbonyl (C=O) groups is 2. The highest BCUT2D eigenvalue weighted by molar-refractivity contribution is 5.90. The van der Waals surface area contributed by atoms with Gasteiger partial charge >= 0.3 is 11.9 Å². The molecule has 0 aliphatic rings. The summed E-state index contributed by atoms with van der Waals surface area (Å²) < 4.78 is 9.77. The molecule has 1 aromatic rings. The maximum atomic E-state index is 11.5. The minimum Gasteiger partial charge on any atom is -0.508 e. The average molecular weight is 252 g/mol. The molecule has 0 saturated carbocycles. The number of ether oxygens (including phenoxy) is 2. The summed E-state index contributed by atoms with van der Waals surface area (Å²) in [6.45, 7) is 4.75. The van der Waals surface area contributed by atoms with E-state index in [1.54, 1.807) is 20.8 Å². The molecule has 1 rings (SSSR count). The van der Waals surface area contributed by atoms with E-state index in [0.29, 0.717) is 0 Å². The highest BCUT2D eigenvalue weighted by Crippen LogP contribution is 2.11. The van der Waals surface area contributed by atoms with Crippen LogP contribution in [0.4, 0.5) is 0 Å². The van der Waals surface area contributed by atoms with E-state index in [4.69, 9.17) is 14.6 Å². The van der Waals surface area contributed by atoms with Crippen LogP contribution in [0.2, 0.25) is 0 Å². The van der Waals surface area contributed by atoms with Gasteiger partial charge in [-0.3, -0.25) is 0 Å². The maximum Gasteiger partial charge on any atom is 0.344 e. The molecular formula is C13H16O5. The molecule has 0 radical (unpaired) electrons. The normalized spacial score (nSPS) is 10.8. The number of esters is 2. The number of aromatic hydroxyl groups is 1. The van der Waals surface area contributed by atoms with Crippen LogP contribution in [0.25, 0.3) is 0 Å². The molecular weight excluding hydrogens is 236 g/mol. The Bertz CT molecular complexity index is 428. The van der Waals surface area contributed by atoms with Gasteiger partial charge in [0.2, 0.25) is 0 Å². The van der Waals surface area contributed by atoms with Crippen molar-refractivity contribution in [3.05, 3.63) is 29.8 Å². The molecule has 0 bridgehead atoms. The summed E-state index contributed by atoms with van der Waals surface area (Å²) in [5.74, 6) is -1.19. The summed E-state index contributed by atoms with van der Waals surface area (Å²) >= 11 is 0. The van der Waals surface area contributed by atoms with Crippen LogP contribution >= 0.6 is 0 Å². The lowest BCUT2D eigenvalue weighted by Gasteiger charge is -2.19. The molecule has 0 aliphatic heterocycles. The van der Waals surface area contributed by atoms with E-state index in [0.717, 1.165) is 0 Å². The van der Waals surface area contributed by atoms with Gasteiger partial charge in [0.05, 0.1) is 5.56 Å². The van der Waals surface area contributed by atoms with Crippen molar-refractivity contribution in [2.45, 2.75) is 26.4 Å². The zero-order valence-electron chi connectivity index (χ0n) is 10.6. The van der Waals surface area contributed by atoms with Crippen molar-refractivity contribution in [3.8, 4) is 5.75 Å². The van der Waals surface area contributed by atoms with Gasteiger partial charge in [-0.05, 0) is 45.0 Å². The van der Waals surface area contributed by atoms with E-state index in [9.17, 15) is 9.59 Å². The number of phenolic OH excluding ortho intramolecular Hbond substituents is 1. The quantitative estimate of drug-likeness (QED) is 0.831. The van der Waals surface area contributed by atoms with E-state index < -0.39 is 24.1 Å². The predicted octanol–water partition coefficient (Wildman–Crippen LogP) is 1.89. The highest BCUT2D eigenvalue weighted by Gasteiger charge is 2.18. The first-order valence-corrected chi connectivity index (χ1v) is 5.46. The fourth-order valence-corrected chi connectivity index (χ4v) is 1.18. The minimum absolute atomic E-state index is 0.0543. The van der Waals surface area contributed by atoms with Gasteiger partial charge in [0.1, 0.15) is 11.4 Å². The summed E-state index contributed by atoms with van der Waals surface area (Å²) in [6, 6.07) is 5.55. The van der Waals surface area contributed by atoms with Crippen LogP contribution in [0.5, 0.6) is 5.75 Å². The number of hydrogen-bond donors (Lipinski definition) is 1. The van der Waals surface area contributed by atoms with E-state index in [1.165, 1.54) is 24.3 Å². The molecule has 1 aromatic carbocycles. The van der Waals surface area contributed by atoms with Gasteiger partial charge in [0, 0.05) is 0 Å². The third kappa shape index (κ3) is 4.86. The number of benzene rings is 1. The van der Waals surface area contributed by atoms with Gasteiger partial charge in [-0.2, -0.15) is 0 Å². The van der Waals surface area contributed by atoms with Gasteiger partial charge in [0.25, 0.3) is 0 Å². The van der Waals surface area contributed by atoms with Gasteiger partial charge < -0.3 is 14.6 Å². The molecule has 0 spiro atoms. The molecule has 0 aromatic heterocycles. The Hall–Kier alpha value is -2.04. The number of hydrogen-bond acceptors (Lipinski definition) is 5. The van der Waals surface area contributed by atoms with Crippen LogP contribution < -0.4 is 0 Å². The first-order chi connectivity index (χ1) is 8.28. The number of carbonyl (C=O) groups excluding carboxylic acids is 2. The van der Waals surface area contributed by atoms with E-state index in [2.05, 4.69) is 0 Å². The zero-order valence-corrected chi connectivity index (χ0v) is 10.6. The Morgan fingerprint density at radius 2 is 1.72 bits per heavy atom. The minimum atomic E-state index is -0.638. The van der Waals surface area contributed by atoms with Crippen LogP contribution in [-0.2, 0) is 14.3 Å². The summed E-state index contributed by atoms with van der Waals surface area (Å²) in [7, 11) is 0. The van der Waals surface area contributed by atoms with Crippen LogP contribution in [0.15, 0.2) is 24.3 Å². The van der Waals surface area contributed by atoms with Crippen molar-refractivity contribution in [1.82, 2.24) is 0 Å². The molecule has 0 atom stereocenters. The molecule has 0 saturated heterocycles. The highest BCUT2D eigenvalue weighted by atomic mass is 16.6. The van der Waals surface area contributed by atoms with E-state index >= 15 is 0 Å². The fourth-order valence-electron chi connectivity index (χ4n) is 1.18. The summed E-state index contributed by atoms with van der Waals surface area (Å²) in [6.07, 6.45) is 0. The Labute approximate surface area is 105 Å². The lowest BCUT2D eigenvalue weighted by molar-refractivity contribution is -0.158. The molecule has 5 nitrogen and oxygen atoms in total. The third-order valence-electron chi connectivity index (χ3n) is 1.84. The Morgan fingerprint density at radius 1 is 1.17 bits per heavy atom. The van der Waals surface area contributed by atoms with E-state index in [1.807, 2.05) is 0 Å². The lowest BCUT2D eigenvalue weighted by Crippen LogP contribution is -2.27. The topological polar surface area (TPSA) is 72.8 Å². The molecule has 0 aliphatic carbocycles. The van der Waals surface area contributed by atoms with Gasteiger partial charge in [-0.25, -0.2) is 9.59 Å². The molecule has 0 fully saturated rings. The molecule has 18 heavy (non-hydrogen) atoms. The Kier molecular flexibility index (Phi) is 4.31. The first kappa shape index (κ1) is 14.0. The largest absolute Gasteiger partial charge is 0.508 e. The maximum absolute atomic E-state index is 11.5. The standard InChI is InChI=1S/C13H16O5/c1-13(2,3)18-11(15)8-17-12(16)9-4-6-10(14)7-5-9/h4-7,14H,8H2,1-3H3. The summed E-state index contributed by atoms with van der Waals surface area (Å²) in [5, 5.41) is 9.06. The predicted molar refractivity (Wildman–Crippen MR) is 64.2 cm³/mol. The summed E-state index contributed by atoms with van der Waals surface area (Å²) in [4.78, 5) is 22.8. The third-order valence-corrected chi connectivity index (χ3v) is 1.84. The van der Waals surface area contributed by atoms with Crippen molar-refractivity contribution in [2.75, 3.05) is 6.61 Å². The van der Waals surface area contributed by atoms with Gasteiger partial charge in [0.15, 0.2) is 6.61 Å². The number of rotatable bonds is 3. The SMILES string of the molecule is CC(C)(C)OC(=O)COC(=O)c1ccc(O)cc1. The summed E-state index contributed by atoms with van der Waals surface area (Å²) in [5.41, 5.74) is -0.349. The molecule has 5 heteroatoms. The van der Waals surface area contributed by atoms with Gasteiger partial charge in [-0.1, -0.05) is 0 Å². The van der Waals surface area contributed by atoms with Crippen LogP contribution in [-0.4, -0.2) is 29.3 Å². The zero-order chi connectivity index (χ0) is 13.8. The molecule has 0 amide bonds. The average Bonchev–Trinajstić information content (AvgIpc) is 2.24. The molecule has 1 N–H and O–H groups in total. The second-order valence-electron chi connectivity index (χ2n) is 4.71. The second-order valence-corrected chi connectivity index (χ2v) is 4.71. The van der Waals surface area contributed by atoms with Crippen LogP contribution in [0.3, 0.4) is 0 Å². The van der Waals surface area contributed by atoms with Crippen molar-refractivity contribution >= 4 is 11.9 Å².